The first-order valence-electron chi connectivity index (χ1n) is 6.01. The molecule has 0 amide bonds. The highest BCUT2D eigenvalue weighted by Gasteiger charge is 2.13. The van der Waals surface area contributed by atoms with Gasteiger partial charge in [-0.2, -0.15) is 8.78 Å². The van der Waals surface area contributed by atoms with Gasteiger partial charge in [-0.1, -0.05) is 18.6 Å². The second kappa shape index (κ2) is 5.96. The third-order valence-electron chi connectivity index (χ3n) is 3.04. The summed E-state index contributed by atoms with van der Waals surface area (Å²) in [5, 5.41) is 3.46. The van der Waals surface area contributed by atoms with Crippen molar-refractivity contribution in [2.24, 2.45) is 0 Å². The van der Waals surface area contributed by atoms with Gasteiger partial charge in [-0.3, -0.25) is 0 Å². The van der Waals surface area contributed by atoms with Gasteiger partial charge in [0.2, 0.25) is 0 Å². The summed E-state index contributed by atoms with van der Waals surface area (Å²) in [5.41, 5.74) is 1.16. The van der Waals surface area contributed by atoms with E-state index in [0.29, 0.717) is 6.04 Å². The van der Waals surface area contributed by atoms with Crippen molar-refractivity contribution in [3.63, 3.8) is 0 Å². The molecule has 94 valence electrons. The lowest BCUT2D eigenvalue weighted by atomic mass is 9.98. The Morgan fingerprint density at radius 1 is 1.24 bits per heavy atom. The number of halogens is 2. The zero-order valence-electron chi connectivity index (χ0n) is 9.66. The molecule has 1 aliphatic rings. The summed E-state index contributed by atoms with van der Waals surface area (Å²) >= 11 is 0. The molecule has 0 aliphatic carbocycles. The molecule has 1 aromatic rings. The summed E-state index contributed by atoms with van der Waals surface area (Å²) in [5.74, 6) is 0.223. The average molecular weight is 241 g/mol. The molecule has 1 heterocycles. The molecule has 1 N–H and O–H groups in total. The van der Waals surface area contributed by atoms with Crippen LogP contribution in [0.15, 0.2) is 24.3 Å². The topological polar surface area (TPSA) is 21.3 Å². The van der Waals surface area contributed by atoms with E-state index in [-0.39, 0.29) is 5.75 Å². The normalized spacial score (nSPS) is 20.5. The average Bonchev–Trinajstić information content (AvgIpc) is 2.32. The SMILES string of the molecule is FC(F)Oc1ccc(CC2CCCCN2)cc1. The van der Waals surface area contributed by atoms with Crippen LogP contribution in [0.2, 0.25) is 0 Å². The Bertz CT molecular complexity index is 334. The Morgan fingerprint density at radius 2 is 2.00 bits per heavy atom. The van der Waals surface area contributed by atoms with Crippen molar-refractivity contribution in [1.82, 2.24) is 5.32 Å². The minimum atomic E-state index is -2.75. The first-order valence-corrected chi connectivity index (χ1v) is 6.01. The smallest absolute Gasteiger partial charge is 0.387 e. The Balaban J connectivity index is 1.88. The van der Waals surface area contributed by atoms with Gasteiger partial charge >= 0.3 is 6.61 Å². The first kappa shape index (κ1) is 12.3. The van der Waals surface area contributed by atoms with E-state index in [0.717, 1.165) is 18.5 Å². The van der Waals surface area contributed by atoms with E-state index < -0.39 is 6.61 Å². The van der Waals surface area contributed by atoms with E-state index in [1.807, 2.05) is 12.1 Å². The molecule has 1 fully saturated rings. The van der Waals surface area contributed by atoms with Gasteiger partial charge in [0.05, 0.1) is 0 Å². The molecular weight excluding hydrogens is 224 g/mol. The molecule has 1 aliphatic heterocycles. The fourth-order valence-corrected chi connectivity index (χ4v) is 2.19. The summed E-state index contributed by atoms with van der Waals surface area (Å²) < 4.78 is 28.2. The maximum atomic E-state index is 12.0. The minimum Gasteiger partial charge on any atom is -0.435 e. The van der Waals surface area contributed by atoms with Gasteiger partial charge in [-0.05, 0) is 43.5 Å². The van der Waals surface area contributed by atoms with Crippen molar-refractivity contribution in [1.29, 1.82) is 0 Å². The van der Waals surface area contributed by atoms with Gasteiger partial charge in [-0.25, -0.2) is 0 Å². The molecular formula is C13H17F2NO. The quantitative estimate of drug-likeness (QED) is 0.875. The Kier molecular flexibility index (Phi) is 4.31. The molecule has 17 heavy (non-hydrogen) atoms. The predicted molar refractivity (Wildman–Crippen MR) is 62.4 cm³/mol. The van der Waals surface area contributed by atoms with Crippen LogP contribution < -0.4 is 10.1 Å². The van der Waals surface area contributed by atoms with E-state index in [2.05, 4.69) is 10.1 Å². The first-order chi connectivity index (χ1) is 8.24. The van der Waals surface area contributed by atoms with Gasteiger partial charge in [0.25, 0.3) is 0 Å². The van der Waals surface area contributed by atoms with Crippen molar-refractivity contribution in [2.45, 2.75) is 38.3 Å². The van der Waals surface area contributed by atoms with Crippen LogP contribution in [-0.4, -0.2) is 19.2 Å². The van der Waals surface area contributed by atoms with Crippen molar-refractivity contribution in [3.05, 3.63) is 29.8 Å². The standard InChI is InChI=1S/C13H17F2NO/c14-13(15)17-12-6-4-10(5-7-12)9-11-3-1-2-8-16-11/h4-7,11,13,16H,1-3,8-9H2. The lowest BCUT2D eigenvalue weighted by Crippen LogP contribution is -2.35. The van der Waals surface area contributed by atoms with Crippen LogP contribution in [0.5, 0.6) is 5.75 Å². The Morgan fingerprint density at radius 3 is 2.59 bits per heavy atom. The van der Waals surface area contributed by atoms with Crippen LogP contribution in [0.25, 0.3) is 0 Å². The van der Waals surface area contributed by atoms with Gasteiger partial charge < -0.3 is 10.1 Å². The molecule has 2 nitrogen and oxygen atoms in total. The van der Waals surface area contributed by atoms with Crippen molar-refractivity contribution in [3.8, 4) is 5.75 Å². The molecule has 1 unspecified atom stereocenters. The van der Waals surface area contributed by atoms with Crippen LogP contribution in [0.1, 0.15) is 24.8 Å². The van der Waals surface area contributed by atoms with E-state index >= 15 is 0 Å². The second-order valence-electron chi connectivity index (χ2n) is 4.37. The number of hydrogen-bond donors (Lipinski definition) is 1. The number of nitrogens with one attached hydrogen (secondary N) is 1. The third kappa shape index (κ3) is 3.97. The van der Waals surface area contributed by atoms with Gasteiger partial charge in [-0.15, -0.1) is 0 Å². The largest absolute Gasteiger partial charge is 0.435 e. The molecule has 1 atom stereocenters. The molecule has 0 spiro atoms. The fourth-order valence-electron chi connectivity index (χ4n) is 2.19. The second-order valence-corrected chi connectivity index (χ2v) is 4.37. The molecule has 2 rings (SSSR count). The highest BCUT2D eigenvalue weighted by Crippen LogP contribution is 2.17. The molecule has 0 saturated carbocycles. The summed E-state index contributed by atoms with van der Waals surface area (Å²) in [7, 11) is 0. The van der Waals surface area contributed by atoms with E-state index in [4.69, 9.17) is 0 Å². The van der Waals surface area contributed by atoms with E-state index in [1.54, 1.807) is 12.1 Å². The number of piperidine rings is 1. The van der Waals surface area contributed by atoms with Crippen LogP contribution in [0, 0.1) is 0 Å². The monoisotopic (exact) mass is 241 g/mol. The number of hydrogen-bond acceptors (Lipinski definition) is 2. The van der Waals surface area contributed by atoms with Gasteiger partial charge in [0.15, 0.2) is 0 Å². The van der Waals surface area contributed by atoms with Crippen molar-refractivity contribution >= 4 is 0 Å². The molecule has 4 heteroatoms. The molecule has 1 saturated heterocycles. The molecule has 0 bridgehead atoms. The summed E-state index contributed by atoms with van der Waals surface area (Å²) in [4.78, 5) is 0. The van der Waals surface area contributed by atoms with Crippen LogP contribution in [0.3, 0.4) is 0 Å². The van der Waals surface area contributed by atoms with Gasteiger partial charge in [0, 0.05) is 6.04 Å². The van der Waals surface area contributed by atoms with Crippen LogP contribution >= 0.6 is 0 Å². The zero-order chi connectivity index (χ0) is 12.1. The maximum absolute atomic E-state index is 12.0. The zero-order valence-corrected chi connectivity index (χ0v) is 9.66. The summed E-state index contributed by atoms with van der Waals surface area (Å²) in [6, 6.07) is 7.43. The fraction of sp³-hybridized carbons (Fsp3) is 0.538. The highest BCUT2D eigenvalue weighted by atomic mass is 19.3. The summed E-state index contributed by atoms with van der Waals surface area (Å²) in [6.45, 7) is -1.67. The van der Waals surface area contributed by atoms with Gasteiger partial charge in [0.1, 0.15) is 5.75 Å². The minimum absolute atomic E-state index is 0.223. The van der Waals surface area contributed by atoms with E-state index in [1.165, 1.54) is 19.3 Å². The number of ether oxygens (including phenoxy) is 1. The van der Waals surface area contributed by atoms with Crippen molar-refractivity contribution in [2.75, 3.05) is 6.54 Å². The highest BCUT2D eigenvalue weighted by molar-refractivity contribution is 5.27. The lowest BCUT2D eigenvalue weighted by Gasteiger charge is -2.23. The van der Waals surface area contributed by atoms with E-state index in [9.17, 15) is 8.78 Å². The predicted octanol–water partition coefficient (Wildman–Crippen LogP) is 2.97. The van der Waals surface area contributed by atoms with Crippen LogP contribution in [0.4, 0.5) is 8.78 Å². The number of alkyl halides is 2. The Hall–Kier alpha value is -1.16. The van der Waals surface area contributed by atoms with Crippen molar-refractivity contribution < 1.29 is 13.5 Å². The molecule has 0 radical (unpaired) electrons. The third-order valence-corrected chi connectivity index (χ3v) is 3.04. The number of benzene rings is 1. The Labute approximate surface area is 100.0 Å². The maximum Gasteiger partial charge on any atom is 0.387 e. The lowest BCUT2D eigenvalue weighted by molar-refractivity contribution is -0.0498. The van der Waals surface area contributed by atoms with Crippen LogP contribution in [-0.2, 0) is 6.42 Å². The number of rotatable bonds is 4. The molecule has 1 aromatic carbocycles. The molecule has 0 aromatic heterocycles. The summed E-state index contributed by atoms with van der Waals surface area (Å²) in [6.07, 6.45) is 4.66.